The van der Waals surface area contributed by atoms with Crippen LogP contribution < -0.4 is 5.32 Å². The second-order valence-electron chi connectivity index (χ2n) is 5.06. The lowest BCUT2D eigenvalue weighted by molar-refractivity contribution is 0.170. The molecule has 2 aromatic rings. The van der Waals surface area contributed by atoms with Gasteiger partial charge in [-0.3, -0.25) is 0 Å². The minimum absolute atomic E-state index is 0.220. The van der Waals surface area contributed by atoms with Crippen LogP contribution in [0, 0.1) is 6.92 Å². The first kappa shape index (κ1) is 15.2. The second-order valence-corrected chi connectivity index (χ2v) is 5.97. The Morgan fingerprint density at radius 2 is 1.90 bits per heavy atom. The summed E-state index contributed by atoms with van der Waals surface area (Å²) in [6, 6.07) is 16.3. The Morgan fingerprint density at radius 3 is 2.60 bits per heavy atom. The second kappa shape index (κ2) is 7.02. The highest BCUT2D eigenvalue weighted by atomic mass is 79.9. The van der Waals surface area contributed by atoms with E-state index in [9.17, 15) is 5.11 Å². The van der Waals surface area contributed by atoms with Crippen LogP contribution in [0.15, 0.2) is 53.0 Å². The van der Waals surface area contributed by atoms with E-state index in [1.165, 1.54) is 11.1 Å². The number of rotatable bonds is 5. The summed E-state index contributed by atoms with van der Waals surface area (Å²) in [4.78, 5) is 0. The minimum Gasteiger partial charge on any atom is -0.387 e. The lowest BCUT2D eigenvalue weighted by atomic mass is 10.0. The summed E-state index contributed by atoms with van der Waals surface area (Å²) in [5.74, 6) is 0. The zero-order chi connectivity index (χ0) is 14.5. The van der Waals surface area contributed by atoms with Crippen molar-refractivity contribution >= 4 is 15.9 Å². The monoisotopic (exact) mass is 333 g/mol. The number of hydrogen-bond donors (Lipinski definition) is 2. The number of halogens is 1. The molecule has 0 heterocycles. The van der Waals surface area contributed by atoms with Gasteiger partial charge in [0.25, 0.3) is 0 Å². The van der Waals surface area contributed by atoms with Gasteiger partial charge in [0.15, 0.2) is 0 Å². The third-order valence-electron chi connectivity index (χ3n) is 3.51. The molecule has 0 aromatic heterocycles. The molecule has 0 aliphatic rings. The van der Waals surface area contributed by atoms with Crippen molar-refractivity contribution in [1.82, 2.24) is 5.32 Å². The van der Waals surface area contributed by atoms with Crippen LogP contribution in [0.3, 0.4) is 0 Å². The molecule has 0 aliphatic carbocycles. The maximum atomic E-state index is 10.2. The standard InChI is InChI=1S/C17H20BrNO/c1-12-6-3-4-9-16(12)13(2)19-11-17(20)14-7-5-8-15(18)10-14/h3-10,13,17,19-20H,11H2,1-2H3/t13-,17?/m0/s1. The smallest absolute Gasteiger partial charge is 0.0914 e. The fourth-order valence-corrected chi connectivity index (χ4v) is 2.72. The lowest BCUT2D eigenvalue weighted by Gasteiger charge is -2.19. The van der Waals surface area contributed by atoms with Crippen molar-refractivity contribution < 1.29 is 5.11 Å². The van der Waals surface area contributed by atoms with Gasteiger partial charge in [-0.05, 0) is 42.7 Å². The summed E-state index contributed by atoms with van der Waals surface area (Å²) in [6.45, 7) is 4.76. The molecular weight excluding hydrogens is 314 g/mol. The highest BCUT2D eigenvalue weighted by molar-refractivity contribution is 9.10. The Balaban J connectivity index is 1.97. The van der Waals surface area contributed by atoms with Gasteiger partial charge in [0.2, 0.25) is 0 Å². The fraction of sp³-hybridized carbons (Fsp3) is 0.294. The highest BCUT2D eigenvalue weighted by Crippen LogP contribution is 2.20. The first-order chi connectivity index (χ1) is 9.58. The molecule has 2 N–H and O–H groups in total. The van der Waals surface area contributed by atoms with Gasteiger partial charge in [0.05, 0.1) is 6.10 Å². The zero-order valence-corrected chi connectivity index (χ0v) is 13.4. The van der Waals surface area contributed by atoms with Gasteiger partial charge in [0, 0.05) is 17.1 Å². The molecule has 0 saturated heterocycles. The summed E-state index contributed by atoms with van der Waals surface area (Å²) in [7, 11) is 0. The van der Waals surface area contributed by atoms with Gasteiger partial charge < -0.3 is 10.4 Å². The molecule has 106 valence electrons. The molecule has 0 saturated carbocycles. The van der Waals surface area contributed by atoms with Crippen LogP contribution >= 0.6 is 15.9 Å². The maximum Gasteiger partial charge on any atom is 0.0914 e. The number of aliphatic hydroxyl groups excluding tert-OH is 1. The number of aliphatic hydroxyl groups is 1. The third kappa shape index (κ3) is 3.92. The van der Waals surface area contributed by atoms with Crippen LogP contribution in [-0.2, 0) is 0 Å². The van der Waals surface area contributed by atoms with Crippen molar-refractivity contribution in [1.29, 1.82) is 0 Å². The largest absolute Gasteiger partial charge is 0.387 e. The molecule has 0 radical (unpaired) electrons. The molecule has 0 spiro atoms. The Labute approximate surface area is 129 Å². The van der Waals surface area contributed by atoms with E-state index in [0.29, 0.717) is 6.54 Å². The lowest BCUT2D eigenvalue weighted by Crippen LogP contribution is -2.25. The Morgan fingerprint density at radius 1 is 1.15 bits per heavy atom. The van der Waals surface area contributed by atoms with Crippen molar-refractivity contribution in [3.8, 4) is 0 Å². The Hall–Kier alpha value is -1.16. The minimum atomic E-state index is -0.501. The van der Waals surface area contributed by atoms with E-state index >= 15 is 0 Å². The quantitative estimate of drug-likeness (QED) is 0.861. The van der Waals surface area contributed by atoms with E-state index in [1.807, 2.05) is 36.4 Å². The maximum absolute atomic E-state index is 10.2. The summed E-state index contributed by atoms with van der Waals surface area (Å²) in [6.07, 6.45) is -0.501. The van der Waals surface area contributed by atoms with Gasteiger partial charge in [-0.2, -0.15) is 0 Å². The molecule has 0 aliphatic heterocycles. The highest BCUT2D eigenvalue weighted by Gasteiger charge is 2.11. The van der Waals surface area contributed by atoms with Crippen molar-refractivity contribution in [3.05, 3.63) is 69.7 Å². The van der Waals surface area contributed by atoms with Crippen LogP contribution in [0.4, 0.5) is 0 Å². The van der Waals surface area contributed by atoms with Crippen molar-refractivity contribution in [3.63, 3.8) is 0 Å². The van der Waals surface area contributed by atoms with E-state index in [0.717, 1.165) is 10.0 Å². The Bertz CT molecular complexity index is 570. The summed E-state index contributed by atoms with van der Waals surface area (Å²) in [5, 5.41) is 13.6. The van der Waals surface area contributed by atoms with E-state index in [4.69, 9.17) is 0 Å². The van der Waals surface area contributed by atoms with Crippen LogP contribution in [0.5, 0.6) is 0 Å². The van der Waals surface area contributed by atoms with Crippen LogP contribution in [-0.4, -0.2) is 11.7 Å². The predicted molar refractivity (Wildman–Crippen MR) is 86.7 cm³/mol. The van der Waals surface area contributed by atoms with Crippen molar-refractivity contribution in [2.45, 2.75) is 26.0 Å². The molecule has 2 atom stereocenters. The van der Waals surface area contributed by atoms with Gasteiger partial charge in [-0.25, -0.2) is 0 Å². The molecule has 2 rings (SSSR count). The number of hydrogen-bond acceptors (Lipinski definition) is 2. The number of benzene rings is 2. The third-order valence-corrected chi connectivity index (χ3v) is 4.00. The Kier molecular flexibility index (Phi) is 5.35. The van der Waals surface area contributed by atoms with Crippen molar-refractivity contribution in [2.75, 3.05) is 6.54 Å². The van der Waals surface area contributed by atoms with Crippen LogP contribution in [0.25, 0.3) is 0 Å². The average molecular weight is 334 g/mol. The van der Waals surface area contributed by atoms with Crippen LogP contribution in [0.2, 0.25) is 0 Å². The van der Waals surface area contributed by atoms with Gasteiger partial charge in [0.1, 0.15) is 0 Å². The van der Waals surface area contributed by atoms with E-state index in [1.54, 1.807) is 0 Å². The molecule has 1 unspecified atom stereocenters. The molecule has 0 amide bonds. The SMILES string of the molecule is Cc1ccccc1[C@H](C)NCC(O)c1cccc(Br)c1. The van der Waals surface area contributed by atoms with E-state index < -0.39 is 6.10 Å². The van der Waals surface area contributed by atoms with E-state index in [-0.39, 0.29) is 6.04 Å². The molecule has 0 bridgehead atoms. The molecule has 20 heavy (non-hydrogen) atoms. The predicted octanol–water partition coefficient (Wildman–Crippen LogP) is 4.14. The molecular formula is C17H20BrNO. The van der Waals surface area contributed by atoms with Crippen molar-refractivity contribution in [2.24, 2.45) is 0 Å². The normalized spacial score (nSPS) is 14.0. The zero-order valence-electron chi connectivity index (χ0n) is 11.8. The number of aryl methyl sites for hydroxylation is 1. The fourth-order valence-electron chi connectivity index (χ4n) is 2.30. The summed E-state index contributed by atoms with van der Waals surface area (Å²) < 4.78 is 0.987. The topological polar surface area (TPSA) is 32.3 Å². The summed E-state index contributed by atoms with van der Waals surface area (Å²) >= 11 is 3.43. The molecule has 2 aromatic carbocycles. The molecule has 0 fully saturated rings. The van der Waals surface area contributed by atoms with Gasteiger partial charge in [-0.15, -0.1) is 0 Å². The van der Waals surface area contributed by atoms with Gasteiger partial charge >= 0.3 is 0 Å². The molecule has 3 heteroatoms. The van der Waals surface area contributed by atoms with E-state index in [2.05, 4.69) is 47.2 Å². The number of nitrogens with one attached hydrogen (secondary N) is 1. The first-order valence-electron chi connectivity index (χ1n) is 6.80. The average Bonchev–Trinajstić information content (AvgIpc) is 2.45. The summed E-state index contributed by atoms with van der Waals surface area (Å²) in [5.41, 5.74) is 3.46. The first-order valence-corrected chi connectivity index (χ1v) is 7.59. The van der Waals surface area contributed by atoms with Gasteiger partial charge in [-0.1, -0.05) is 52.3 Å². The van der Waals surface area contributed by atoms with Crippen LogP contribution in [0.1, 0.15) is 35.8 Å². The molecule has 2 nitrogen and oxygen atoms in total.